The summed E-state index contributed by atoms with van der Waals surface area (Å²) in [5, 5.41) is 3.00. The Kier molecular flexibility index (Phi) is 2.95. The Hall–Kier alpha value is -1.77. The standard InChI is InChI=1S/C13H16N2O/c1-9-8-10(6-7-12(9)14)13(16)15-11-4-2-3-5-11/h2-3,6-8,11H,4-5,14H2,1H3,(H,15,16). The second kappa shape index (κ2) is 4.39. The molecule has 1 aliphatic carbocycles. The Morgan fingerprint density at radius 1 is 1.38 bits per heavy atom. The maximum Gasteiger partial charge on any atom is 0.251 e. The van der Waals surface area contributed by atoms with E-state index in [1.807, 2.05) is 13.0 Å². The Labute approximate surface area is 95.3 Å². The number of carbonyl (C=O) groups is 1. The van der Waals surface area contributed by atoms with Crippen LogP contribution in [0.25, 0.3) is 0 Å². The zero-order valence-corrected chi connectivity index (χ0v) is 9.36. The summed E-state index contributed by atoms with van der Waals surface area (Å²) < 4.78 is 0. The highest BCUT2D eigenvalue weighted by Gasteiger charge is 2.14. The maximum atomic E-state index is 11.9. The van der Waals surface area contributed by atoms with Gasteiger partial charge >= 0.3 is 0 Å². The highest BCUT2D eigenvalue weighted by Crippen LogP contribution is 2.14. The molecule has 3 nitrogen and oxygen atoms in total. The highest BCUT2D eigenvalue weighted by atomic mass is 16.1. The Morgan fingerprint density at radius 2 is 2.06 bits per heavy atom. The normalized spacial score (nSPS) is 15.3. The van der Waals surface area contributed by atoms with Gasteiger partial charge in [0.1, 0.15) is 0 Å². The zero-order chi connectivity index (χ0) is 11.5. The molecular formula is C13H16N2O. The number of nitrogen functional groups attached to an aromatic ring is 1. The van der Waals surface area contributed by atoms with Crippen LogP contribution >= 0.6 is 0 Å². The van der Waals surface area contributed by atoms with E-state index in [9.17, 15) is 4.79 Å². The summed E-state index contributed by atoms with van der Waals surface area (Å²) in [5.41, 5.74) is 8.05. The van der Waals surface area contributed by atoms with Gasteiger partial charge in [-0.15, -0.1) is 0 Å². The summed E-state index contributed by atoms with van der Waals surface area (Å²) in [4.78, 5) is 11.9. The van der Waals surface area contributed by atoms with Crippen molar-refractivity contribution in [3.05, 3.63) is 41.5 Å². The summed E-state index contributed by atoms with van der Waals surface area (Å²) in [6, 6.07) is 5.62. The average molecular weight is 216 g/mol. The van der Waals surface area contributed by atoms with Gasteiger partial charge < -0.3 is 11.1 Å². The molecule has 1 aromatic carbocycles. The fourth-order valence-electron chi connectivity index (χ4n) is 1.82. The summed E-state index contributed by atoms with van der Waals surface area (Å²) in [7, 11) is 0. The van der Waals surface area contributed by atoms with Crippen LogP contribution in [0.5, 0.6) is 0 Å². The Morgan fingerprint density at radius 3 is 2.69 bits per heavy atom. The van der Waals surface area contributed by atoms with Gasteiger partial charge in [0.25, 0.3) is 5.91 Å². The van der Waals surface area contributed by atoms with E-state index in [0.29, 0.717) is 5.56 Å². The number of nitrogens with one attached hydrogen (secondary N) is 1. The van der Waals surface area contributed by atoms with Crippen molar-refractivity contribution in [3.8, 4) is 0 Å². The van der Waals surface area contributed by atoms with E-state index in [1.54, 1.807) is 12.1 Å². The topological polar surface area (TPSA) is 55.1 Å². The van der Waals surface area contributed by atoms with Crippen molar-refractivity contribution in [3.63, 3.8) is 0 Å². The lowest BCUT2D eigenvalue weighted by atomic mass is 10.1. The van der Waals surface area contributed by atoms with Gasteiger partial charge in [-0.3, -0.25) is 4.79 Å². The van der Waals surface area contributed by atoms with Crippen LogP contribution in [0, 0.1) is 6.92 Å². The van der Waals surface area contributed by atoms with Gasteiger partial charge in [0.15, 0.2) is 0 Å². The van der Waals surface area contributed by atoms with Gasteiger partial charge in [-0.1, -0.05) is 12.2 Å². The molecule has 1 amide bonds. The van der Waals surface area contributed by atoms with Gasteiger partial charge in [-0.05, 0) is 43.5 Å². The molecule has 0 aromatic heterocycles. The summed E-state index contributed by atoms with van der Waals surface area (Å²) in [5.74, 6) is -0.0169. The molecule has 0 bridgehead atoms. The van der Waals surface area contributed by atoms with Gasteiger partial charge in [-0.2, -0.15) is 0 Å². The molecule has 0 unspecified atom stereocenters. The van der Waals surface area contributed by atoms with Crippen LogP contribution in [0.1, 0.15) is 28.8 Å². The van der Waals surface area contributed by atoms with E-state index in [0.717, 1.165) is 24.1 Å². The smallest absolute Gasteiger partial charge is 0.251 e. The second-order valence-electron chi connectivity index (χ2n) is 4.18. The van der Waals surface area contributed by atoms with Crippen molar-refractivity contribution in [2.24, 2.45) is 0 Å². The van der Waals surface area contributed by atoms with Gasteiger partial charge in [0.05, 0.1) is 0 Å². The molecule has 1 aliphatic rings. The largest absolute Gasteiger partial charge is 0.399 e. The van der Waals surface area contributed by atoms with Crippen LogP contribution < -0.4 is 11.1 Å². The zero-order valence-electron chi connectivity index (χ0n) is 9.36. The lowest BCUT2D eigenvalue weighted by Crippen LogP contribution is -2.32. The SMILES string of the molecule is Cc1cc(C(=O)NC2CC=CC2)ccc1N. The van der Waals surface area contributed by atoms with Crippen LogP contribution in [0.3, 0.4) is 0 Å². The van der Waals surface area contributed by atoms with Crippen LogP contribution in [0.15, 0.2) is 30.4 Å². The first-order valence-electron chi connectivity index (χ1n) is 5.49. The number of hydrogen-bond donors (Lipinski definition) is 2. The van der Waals surface area contributed by atoms with E-state index in [-0.39, 0.29) is 11.9 Å². The number of nitrogens with two attached hydrogens (primary N) is 1. The van der Waals surface area contributed by atoms with E-state index in [2.05, 4.69) is 17.5 Å². The van der Waals surface area contributed by atoms with E-state index >= 15 is 0 Å². The molecular weight excluding hydrogens is 200 g/mol. The third kappa shape index (κ3) is 2.24. The highest BCUT2D eigenvalue weighted by molar-refractivity contribution is 5.95. The second-order valence-corrected chi connectivity index (χ2v) is 4.18. The molecule has 0 spiro atoms. The lowest BCUT2D eigenvalue weighted by molar-refractivity contribution is 0.0939. The van der Waals surface area contributed by atoms with Crippen molar-refractivity contribution in [2.45, 2.75) is 25.8 Å². The van der Waals surface area contributed by atoms with Crippen molar-refractivity contribution in [1.82, 2.24) is 5.32 Å². The molecule has 0 atom stereocenters. The minimum Gasteiger partial charge on any atom is -0.399 e. The predicted octanol–water partition coefficient (Wildman–Crippen LogP) is 2.03. The first-order chi connectivity index (χ1) is 7.66. The number of carbonyl (C=O) groups excluding carboxylic acids is 1. The van der Waals surface area contributed by atoms with Crippen molar-refractivity contribution in [1.29, 1.82) is 0 Å². The first-order valence-corrected chi connectivity index (χ1v) is 5.49. The number of anilines is 1. The van der Waals surface area contributed by atoms with Crippen LogP contribution in [-0.4, -0.2) is 11.9 Å². The fourth-order valence-corrected chi connectivity index (χ4v) is 1.82. The van der Waals surface area contributed by atoms with Crippen molar-refractivity contribution in [2.75, 3.05) is 5.73 Å². The quantitative estimate of drug-likeness (QED) is 0.587. The molecule has 0 heterocycles. The minimum atomic E-state index is -0.0169. The molecule has 1 aromatic rings. The van der Waals surface area contributed by atoms with Gasteiger partial charge in [0, 0.05) is 17.3 Å². The van der Waals surface area contributed by atoms with Crippen molar-refractivity contribution >= 4 is 11.6 Å². The molecule has 3 N–H and O–H groups in total. The average Bonchev–Trinajstić information content (AvgIpc) is 2.74. The van der Waals surface area contributed by atoms with E-state index in [4.69, 9.17) is 5.73 Å². The molecule has 0 fully saturated rings. The van der Waals surface area contributed by atoms with Crippen molar-refractivity contribution < 1.29 is 4.79 Å². The Bertz CT molecular complexity index is 430. The number of amides is 1. The predicted molar refractivity (Wildman–Crippen MR) is 65.2 cm³/mol. The number of benzene rings is 1. The maximum absolute atomic E-state index is 11.9. The van der Waals surface area contributed by atoms with Crippen LogP contribution in [0.2, 0.25) is 0 Å². The third-order valence-electron chi connectivity index (χ3n) is 2.88. The molecule has 2 rings (SSSR count). The van der Waals surface area contributed by atoms with Crippen LogP contribution in [0.4, 0.5) is 5.69 Å². The summed E-state index contributed by atoms with van der Waals surface area (Å²) >= 11 is 0. The molecule has 0 saturated carbocycles. The molecule has 84 valence electrons. The Balaban J connectivity index is 2.05. The molecule has 16 heavy (non-hydrogen) atoms. The fraction of sp³-hybridized carbons (Fsp3) is 0.308. The number of aryl methyl sites for hydroxylation is 1. The molecule has 0 aliphatic heterocycles. The van der Waals surface area contributed by atoms with Gasteiger partial charge in [0.2, 0.25) is 0 Å². The first kappa shape index (κ1) is 10.7. The lowest BCUT2D eigenvalue weighted by Gasteiger charge is -2.12. The molecule has 0 radical (unpaired) electrons. The van der Waals surface area contributed by atoms with E-state index in [1.165, 1.54) is 0 Å². The number of hydrogen-bond acceptors (Lipinski definition) is 2. The van der Waals surface area contributed by atoms with Crippen LogP contribution in [-0.2, 0) is 0 Å². The monoisotopic (exact) mass is 216 g/mol. The minimum absolute atomic E-state index is 0.0169. The third-order valence-corrected chi connectivity index (χ3v) is 2.88. The summed E-state index contributed by atoms with van der Waals surface area (Å²) in [6.07, 6.45) is 6.05. The van der Waals surface area contributed by atoms with Gasteiger partial charge in [-0.25, -0.2) is 0 Å². The molecule has 3 heteroatoms. The number of rotatable bonds is 2. The molecule has 0 saturated heterocycles. The van der Waals surface area contributed by atoms with E-state index < -0.39 is 0 Å². The summed E-state index contributed by atoms with van der Waals surface area (Å²) in [6.45, 7) is 1.91.